The van der Waals surface area contributed by atoms with Crippen LogP contribution in [0.15, 0.2) is 55.1 Å². The van der Waals surface area contributed by atoms with Crippen molar-refractivity contribution in [3.05, 3.63) is 66.2 Å². The van der Waals surface area contributed by atoms with Crippen molar-refractivity contribution < 1.29 is 4.79 Å². The van der Waals surface area contributed by atoms with Crippen molar-refractivity contribution in [1.82, 2.24) is 14.6 Å². The van der Waals surface area contributed by atoms with Crippen LogP contribution in [0.25, 0.3) is 5.52 Å². The zero-order valence-corrected chi connectivity index (χ0v) is 10.5. The summed E-state index contributed by atoms with van der Waals surface area (Å²) in [6, 6.07) is 11.1. The molecule has 3 aromatic rings. The molecule has 96 valence electrons. The van der Waals surface area contributed by atoms with Crippen LogP contribution in [0.1, 0.15) is 21.8 Å². The van der Waals surface area contributed by atoms with Crippen LogP contribution in [0.3, 0.4) is 0 Å². The number of Topliss-reactive ketones (excluding diaryl/α,β-unsaturated/α-hetero) is 1. The van der Waals surface area contributed by atoms with Crippen molar-refractivity contribution in [3.63, 3.8) is 0 Å². The number of ketones is 1. The molecule has 0 aliphatic heterocycles. The van der Waals surface area contributed by atoms with E-state index >= 15 is 0 Å². The lowest BCUT2D eigenvalue weighted by atomic mass is 9.92. The Morgan fingerprint density at radius 3 is 2.80 bits per heavy atom. The van der Waals surface area contributed by atoms with Gasteiger partial charge in [-0.05, 0) is 5.56 Å². The molecule has 1 atom stereocenters. The van der Waals surface area contributed by atoms with E-state index < -0.39 is 5.92 Å². The van der Waals surface area contributed by atoms with Crippen LogP contribution in [-0.4, -0.2) is 20.4 Å². The Morgan fingerprint density at radius 2 is 2.05 bits per heavy atom. The van der Waals surface area contributed by atoms with Gasteiger partial charge in [-0.15, -0.1) is 0 Å². The first-order valence-electron chi connectivity index (χ1n) is 6.07. The van der Waals surface area contributed by atoms with E-state index in [2.05, 4.69) is 16.2 Å². The Morgan fingerprint density at radius 1 is 1.25 bits per heavy atom. The van der Waals surface area contributed by atoms with E-state index in [-0.39, 0.29) is 5.78 Å². The molecule has 0 spiro atoms. The van der Waals surface area contributed by atoms with Crippen molar-refractivity contribution in [2.45, 2.75) is 5.92 Å². The smallest absolute Gasteiger partial charge is 0.188 e. The highest BCUT2D eigenvalue weighted by atomic mass is 16.1. The molecule has 1 unspecified atom stereocenters. The first kappa shape index (κ1) is 12.1. The minimum absolute atomic E-state index is 0.262. The number of hydrogen-bond acceptors (Lipinski definition) is 4. The van der Waals surface area contributed by atoms with E-state index in [0.29, 0.717) is 16.6 Å². The van der Waals surface area contributed by atoms with Crippen molar-refractivity contribution in [3.8, 4) is 6.07 Å². The van der Waals surface area contributed by atoms with Crippen molar-refractivity contribution in [1.29, 1.82) is 5.26 Å². The van der Waals surface area contributed by atoms with Crippen LogP contribution in [0, 0.1) is 11.3 Å². The van der Waals surface area contributed by atoms with Gasteiger partial charge in [0.05, 0.1) is 29.5 Å². The molecule has 1 aromatic carbocycles. The maximum Gasteiger partial charge on any atom is 0.188 e. The van der Waals surface area contributed by atoms with Gasteiger partial charge in [0.2, 0.25) is 0 Å². The van der Waals surface area contributed by atoms with Gasteiger partial charge in [-0.3, -0.25) is 9.78 Å². The van der Waals surface area contributed by atoms with Crippen molar-refractivity contribution >= 4 is 11.3 Å². The number of nitrogens with zero attached hydrogens (tertiary/aromatic N) is 4. The molecule has 0 saturated heterocycles. The third kappa shape index (κ3) is 1.93. The number of benzene rings is 1. The monoisotopic (exact) mass is 262 g/mol. The van der Waals surface area contributed by atoms with Gasteiger partial charge in [-0.1, -0.05) is 30.3 Å². The number of rotatable bonds is 3. The Kier molecular flexibility index (Phi) is 2.98. The molecule has 3 rings (SSSR count). The van der Waals surface area contributed by atoms with E-state index in [9.17, 15) is 10.1 Å². The zero-order valence-electron chi connectivity index (χ0n) is 10.5. The highest BCUT2D eigenvalue weighted by molar-refractivity contribution is 6.07. The third-order valence-corrected chi connectivity index (χ3v) is 3.11. The second-order valence-corrected chi connectivity index (χ2v) is 4.30. The van der Waals surface area contributed by atoms with Crippen LogP contribution in [0.2, 0.25) is 0 Å². The van der Waals surface area contributed by atoms with Crippen molar-refractivity contribution in [2.24, 2.45) is 0 Å². The highest BCUT2D eigenvalue weighted by Gasteiger charge is 2.24. The molecule has 5 nitrogen and oxygen atoms in total. The predicted molar refractivity (Wildman–Crippen MR) is 72.1 cm³/mol. The molecule has 0 aliphatic rings. The number of aromatic nitrogens is 3. The van der Waals surface area contributed by atoms with E-state index in [1.165, 1.54) is 6.20 Å². The summed E-state index contributed by atoms with van der Waals surface area (Å²) >= 11 is 0. The summed E-state index contributed by atoms with van der Waals surface area (Å²) in [6.07, 6.45) is 6.30. The topological polar surface area (TPSA) is 71.0 Å². The summed E-state index contributed by atoms with van der Waals surface area (Å²) in [4.78, 5) is 16.5. The lowest BCUT2D eigenvalue weighted by Gasteiger charge is -2.07. The minimum atomic E-state index is -0.829. The van der Waals surface area contributed by atoms with Gasteiger partial charge >= 0.3 is 0 Å². The molecular weight excluding hydrogens is 252 g/mol. The largest absolute Gasteiger partial charge is 0.292 e. The molecule has 0 radical (unpaired) electrons. The SMILES string of the molecule is N#CC(C(=O)c1cnn2ccncc12)c1ccccc1. The Hall–Kier alpha value is -3.00. The van der Waals surface area contributed by atoms with Crippen LogP contribution < -0.4 is 0 Å². The van der Waals surface area contributed by atoms with Crippen molar-refractivity contribution in [2.75, 3.05) is 0 Å². The summed E-state index contributed by atoms with van der Waals surface area (Å²) in [5.74, 6) is -1.09. The maximum absolute atomic E-state index is 12.5. The fourth-order valence-electron chi connectivity index (χ4n) is 2.11. The van der Waals surface area contributed by atoms with Gasteiger partial charge in [0, 0.05) is 12.4 Å². The molecule has 2 heterocycles. The average Bonchev–Trinajstić information content (AvgIpc) is 2.93. The summed E-state index contributed by atoms with van der Waals surface area (Å²) in [5.41, 5.74) is 1.70. The maximum atomic E-state index is 12.5. The molecule has 2 aromatic heterocycles. The van der Waals surface area contributed by atoms with Crippen LogP contribution >= 0.6 is 0 Å². The number of fused-ring (bicyclic) bond motifs is 1. The standard InChI is InChI=1S/C15H10N4O/c16-8-12(11-4-2-1-3-5-11)15(20)13-9-18-19-7-6-17-10-14(13)19/h1-7,9-10,12H. The lowest BCUT2D eigenvalue weighted by molar-refractivity contribution is 0.0980. The van der Waals surface area contributed by atoms with Crippen LogP contribution in [0.5, 0.6) is 0 Å². The van der Waals surface area contributed by atoms with E-state index in [1.807, 2.05) is 18.2 Å². The van der Waals surface area contributed by atoms with E-state index in [1.54, 1.807) is 35.2 Å². The zero-order chi connectivity index (χ0) is 13.9. The van der Waals surface area contributed by atoms with Gasteiger partial charge < -0.3 is 0 Å². The second kappa shape index (κ2) is 4.94. The summed E-state index contributed by atoms with van der Waals surface area (Å²) < 4.78 is 1.57. The number of hydrogen-bond donors (Lipinski definition) is 0. The Bertz CT molecular complexity index is 801. The van der Waals surface area contributed by atoms with Gasteiger partial charge in [0.1, 0.15) is 5.92 Å². The Balaban J connectivity index is 2.06. The van der Waals surface area contributed by atoms with Gasteiger partial charge in [0.25, 0.3) is 0 Å². The quantitative estimate of drug-likeness (QED) is 0.678. The molecule has 0 amide bonds. The number of nitriles is 1. The number of carbonyl (C=O) groups excluding carboxylic acids is 1. The fourth-order valence-corrected chi connectivity index (χ4v) is 2.11. The first-order chi connectivity index (χ1) is 9.81. The average molecular weight is 262 g/mol. The first-order valence-corrected chi connectivity index (χ1v) is 6.07. The molecule has 0 fully saturated rings. The summed E-state index contributed by atoms with van der Waals surface area (Å²) in [5, 5.41) is 13.4. The normalized spacial score (nSPS) is 11.9. The van der Waals surface area contributed by atoms with Gasteiger partial charge in [-0.2, -0.15) is 10.4 Å². The summed E-state index contributed by atoms with van der Waals surface area (Å²) in [6.45, 7) is 0. The molecular formula is C15H10N4O. The highest BCUT2D eigenvalue weighted by Crippen LogP contribution is 2.22. The molecule has 0 saturated carbocycles. The van der Waals surface area contributed by atoms with Crippen LogP contribution in [0.4, 0.5) is 0 Å². The lowest BCUT2D eigenvalue weighted by Crippen LogP contribution is -2.11. The second-order valence-electron chi connectivity index (χ2n) is 4.30. The fraction of sp³-hybridized carbons (Fsp3) is 0.0667. The summed E-state index contributed by atoms with van der Waals surface area (Å²) in [7, 11) is 0. The number of carbonyl (C=O) groups is 1. The molecule has 0 bridgehead atoms. The molecule has 0 aliphatic carbocycles. The Labute approximate surface area is 115 Å². The van der Waals surface area contributed by atoms with E-state index in [0.717, 1.165) is 0 Å². The predicted octanol–water partition coefficient (Wildman–Crippen LogP) is 2.22. The molecule has 20 heavy (non-hydrogen) atoms. The van der Waals surface area contributed by atoms with Gasteiger partial charge in [-0.25, -0.2) is 4.52 Å². The molecule has 5 heteroatoms. The van der Waals surface area contributed by atoms with Crippen LogP contribution in [-0.2, 0) is 0 Å². The van der Waals surface area contributed by atoms with E-state index in [4.69, 9.17) is 0 Å². The molecule has 0 N–H and O–H groups in total. The third-order valence-electron chi connectivity index (χ3n) is 3.11. The van der Waals surface area contributed by atoms with Gasteiger partial charge in [0.15, 0.2) is 5.78 Å². The minimum Gasteiger partial charge on any atom is -0.292 e.